The Bertz CT molecular complexity index is 935. The van der Waals surface area contributed by atoms with Gasteiger partial charge in [0, 0.05) is 11.6 Å². The molecule has 8 heteroatoms. The monoisotopic (exact) mass is 447 g/mol. The minimum absolute atomic E-state index is 0.113. The van der Waals surface area contributed by atoms with Gasteiger partial charge in [-0.2, -0.15) is 5.26 Å². The molecule has 2 rings (SSSR count). The highest BCUT2D eigenvalue weighted by Gasteiger charge is 2.17. The summed E-state index contributed by atoms with van der Waals surface area (Å²) >= 11 is 3.28. The van der Waals surface area contributed by atoms with Crippen molar-refractivity contribution in [1.82, 2.24) is 0 Å². The molecule has 0 fully saturated rings. The first-order chi connectivity index (χ1) is 13.4. The fraction of sp³-hybridized carbons (Fsp3) is 0.250. The van der Waals surface area contributed by atoms with E-state index in [2.05, 4.69) is 15.9 Å². The number of ketones is 1. The molecular weight excluding hydrogens is 430 g/mol. The predicted octanol–water partition coefficient (Wildman–Crippen LogP) is 3.92. The van der Waals surface area contributed by atoms with Crippen molar-refractivity contribution in [2.45, 2.75) is 13.8 Å². The molecule has 0 saturated carbocycles. The lowest BCUT2D eigenvalue weighted by Gasteiger charge is -2.14. The van der Waals surface area contributed by atoms with E-state index < -0.39 is 12.6 Å². The minimum Gasteiger partial charge on any atom is -0.493 e. The van der Waals surface area contributed by atoms with Gasteiger partial charge in [-0.05, 0) is 54.0 Å². The largest absolute Gasteiger partial charge is 0.493 e. The van der Waals surface area contributed by atoms with Crippen LogP contribution >= 0.6 is 15.9 Å². The summed E-state index contributed by atoms with van der Waals surface area (Å²) in [6, 6.07) is 9.68. The fourth-order valence-corrected chi connectivity index (χ4v) is 2.80. The van der Waals surface area contributed by atoms with Crippen molar-refractivity contribution in [3.8, 4) is 29.1 Å². The summed E-state index contributed by atoms with van der Waals surface area (Å²) in [5.41, 5.74) is 0.830. The van der Waals surface area contributed by atoms with E-state index in [-0.39, 0.29) is 17.3 Å². The molecule has 0 spiro atoms. The van der Waals surface area contributed by atoms with E-state index in [1.807, 2.05) is 6.07 Å². The molecule has 28 heavy (non-hydrogen) atoms. The van der Waals surface area contributed by atoms with E-state index >= 15 is 0 Å². The van der Waals surface area contributed by atoms with Crippen LogP contribution in [0.1, 0.15) is 29.8 Å². The average molecular weight is 448 g/mol. The standard InChI is InChI=1S/C20H18BrNO6/c1-4-26-18-8-13(10-22)7-15(21)20(18)28-19(24)11-27-16-6-5-14(12(2)23)9-17(16)25-3/h5-9H,4,11H2,1-3H3. The molecule has 2 aromatic carbocycles. The second kappa shape index (κ2) is 9.76. The maximum Gasteiger partial charge on any atom is 0.349 e. The van der Waals surface area contributed by atoms with Crippen molar-refractivity contribution >= 4 is 27.7 Å². The molecule has 0 unspecified atom stereocenters. The van der Waals surface area contributed by atoms with Gasteiger partial charge in [0.15, 0.2) is 35.4 Å². The number of ether oxygens (including phenoxy) is 4. The van der Waals surface area contributed by atoms with E-state index in [9.17, 15) is 9.59 Å². The average Bonchev–Trinajstić information content (AvgIpc) is 2.68. The molecule has 0 heterocycles. The van der Waals surface area contributed by atoms with Crippen LogP contribution < -0.4 is 18.9 Å². The molecule has 0 radical (unpaired) electrons. The number of Topliss-reactive ketones (excluding diaryl/α,β-unsaturated/α-hetero) is 1. The number of rotatable bonds is 8. The second-order valence-electron chi connectivity index (χ2n) is 5.51. The highest BCUT2D eigenvalue weighted by Crippen LogP contribution is 2.37. The molecular formula is C20H18BrNO6. The van der Waals surface area contributed by atoms with E-state index in [0.29, 0.717) is 33.7 Å². The lowest BCUT2D eigenvalue weighted by atomic mass is 10.1. The molecule has 0 aromatic heterocycles. The van der Waals surface area contributed by atoms with Gasteiger partial charge in [0.2, 0.25) is 0 Å². The number of esters is 1. The number of hydrogen-bond donors (Lipinski definition) is 0. The van der Waals surface area contributed by atoms with Crippen LogP contribution in [0.4, 0.5) is 0 Å². The normalized spacial score (nSPS) is 9.96. The third-order valence-electron chi connectivity index (χ3n) is 3.57. The maximum absolute atomic E-state index is 12.2. The van der Waals surface area contributed by atoms with Crippen LogP contribution in [0.15, 0.2) is 34.8 Å². The molecule has 0 atom stereocenters. The molecule has 0 N–H and O–H groups in total. The van der Waals surface area contributed by atoms with Crippen LogP contribution in [0, 0.1) is 11.3 Å². The summed E-state index contributed by atoms with van der Waals surface area (Å²) in [4.78, 5) is 23.7. The van der Waals surface area contributed by atoms with Gasteiger partial charge < -0.3 is 18.9 Å². The summed E-state index contributed by atoms with van der Waals surface area (Å²) < 4.78 is 21.9. The number of carbonyl (C=O) groups excluding carboxylic acids is 2. The fourth-order valence-electron chi connectivity index (χ4n) is 2.28. The second-order valence-corrected chi connectivity index (χ2v) is 6.37. The zero-order valence-corrected chi connectivity index (χ0v) is 17.2. The number of methoxy groups -OCH3 is 1. The smallest absolute Gasteiger partial charge is 0.349 e. The molecule has 2 aromatic rings. The van der Waals surface area contributed by atoms with Gasteiger partial charge in [-0.3, -0.25) is 4.79 Å². The van der Waals surface area contributed by atoms with Gasteiger partial charge >= 0.3 is 5.97 Å². The van der Waals surface area contributed by atoms with Gasteiger partial charge in [-0.25, -0.2) is 4.79 Å². The van der Waals surface area contributed by atoms with Crippen LogP contribution in [-0.4, -0.2) is 32.1 Å². The summed E-state index contributed by atoms with van der Waals surface area (Å²) in [5, 5.41) is 9.05. The summed E-state index contributed by atoms with van der Waals surface area (Å²) in [6.45, 7) is 3.16. The number of benzene rings is 2. The summed E-state index contributed by atoms with van der Waals surface area (Å²) in [6.07, 6.45) is 0. The number of halogens is 1. The van der Waals surface area contributed by atoms with Crippen molar-refractivity contribution < 1.29 is 28.5 Å². The van der Waals surface area contributed by atoms with Gasteiger partial charge in [-0.15, -0.1) is 0 Å². The Morgan fingerprint density at radius 2 is 1.86 bits per heavy atom. The van der Waals surface area contributed by atoms with Crippen LogP contribution in [0.2, 0.25) is 0 Å². The molecule has 0 aliphatic heterocycles. The lowest BCUT2D eigenvalue weighted by Crippen LogP contribution is -2.18. The third kappa shape index (κ3) is 5.24. The summed E-state index contributed by atoms with van der Waals surface area (Å²) in [7, 11) is 1.44. The SMILES string of the molecule is CCOc1cc(C#N)cc(Br)c1OC(=O)COc1ccc(C(C)=O)cc1OC. The number of nitrogens with zero attached hydrogens (tertiary/aromatic N) is 1. The molecule has 0 aliphatic rings. The van der Waals surface area contributed by atoms with Crippen molar-refractivity contribution in [3.63, 3.8) is 0 Å². The summed E-state index contributed by atoms with van der Waals surface area (Å²) in [5.74, 6) is 0.268. The van der Waals surface area contributed by atoms with Gasteiger partial charge in [0.05, 0.1) is 29.8 Å². The number of carbonyl (C=O) groups is 2. The van der Waals surface area contributed by atoms with Crippen molar-refractivity contribution in [2.75, 3.05) is 20.3 Å². The molecule has 146 valence electrons. The van der Waals surface area contributed by atoms with Crippen LogP contribution in [0.25, 0.3) is 0 Å². The first-order valence-electron chi connectivity index (χ1n) is 8.28. The van der Waals surface area contributed by atoms with Crippen molar-refractivity contribution in [1.29, 1.82) is 5.26 Å². The van der Waals surface area contributed by atoms with Crippen molar-refractivity contribution in [3.05, 3.63) is 45.9 Å². The van der Waals surface area contributed by atoms with Gasteiger partial charge in [-0.1, -0.05) is 0 Å². The quantitative estimate of drug-likeness (QED) is 0.343. The van der Waals surface area contributed by atoms with Crippen LogP contribution in [0.5, 0.6) is 23.0 Å². The number of nitriles is 1. The van der Waals surface area contributed by atoms with Crippen molar-refractivity contribution in [2.24, 2.45) is 0 Å². The Hall–Kier alpha value is -3.05. The lowest BCUT2D eigenvalue weighted by molar-refractivity contribution is -0.136. The van der Waals surface area contributed by atoms with Crippen LogP contribution in [0.3, 0.4) is 0 Å². The Labute approximate surface area is 170 Å². The topological polar surface area (TPSA) is 94.9 Å². The number of hydrogen-bond acceptors (Lipinski definition) is 7. The first-order valence-corrected chi connectivity index (χ1v) is 9.07. The van der Waals surface area contributed by atoms with Crippen LogP contribution in [-0.2, 0) is 4.79 Å². The van der Waals surface area contributed by atoms with E-state index in [4.69, 9.17) is 24.2 Å². The minimum atomic E-state index is -0.677. The predicted molar refractivity (Wildman–Crippen MR) is 104 cm³/mol. The molecule has 0 aliphatic carbocycles. The third-order valence-corrected chi connectivity index (χ3v) is 4.16. The van der Waals surface area contributed by atoms with Gasteiger partial charge in [0.1, 0.15) is 0 Å². The Kier molecular flexibility index (Phi) is 7.41. The Morgan fingerprint density at radius 3 is 2.46 bits per heavy atom. The molecule has 0 amide bonds. The molecule has 0 saturated heterocycles. The Balaban J connectivity index is 2.13. The highest BCUT2D eigenvalue weighted by atomic mass is 79.9. The first kappa shape index (κ1) is 21.3. The zero-order valence-electron chi connectivity index (χ0n) is 15.6. The van der Waals surface area contributed by atoms with E-state index in [1.54, 1.807) is 19.1 Å². The zero-order chi connectivity index (χ0) is 20.7. The molecule has 7 nitrogen and oxygen atoms in total. The Morgan fingerprint density at radius 1 is 1.11 bits per heavy atom. The van der Waals surface area contributed by atoms with Gasteiger partial charge in [0.25, 0.3) is 0 Å². The maximum atomic E-state index is 12.2. The molecule has 0 bridgehead atoms. The van der Waals surface area contributed by atoms with E-state index in [1.165, 1.54) is 32.2 Å². The highest BCUT2D eigenvalue weighted by molar-refractivity contribution is 9.10. The van der Waals surface area contributed by atoms with E-state index in [0.717, 1.165) is 0 Å².